The van der Waals surface area contributed by atoms with Crippen LogP contribution in [0.3, 0.4) is 0 Å². The average Bonchev–Trinajstić information content (AvgIpc) is 2.90. The molecular weight excluding hydrogens is 408 g/mol. The second-order valence-electron chi connectivity index (χ2n) is 6.00. The summed E-state index contributed by atoms with van der Waals surface area (Å²) in [5, 5.41) is 0. The summed E-state index contributed by atoms with van der Waals surface area (Å²) in [5.41, 5.74) is -0.419. The normalized spacial score (nSPS) is 16.0. The van der Waals surface area contributed by atoms with E-state index in [1.165, 1.54) is 11.6 Å². The number of hydrogen-bond donors (Lipinski definition) is 0. The monoisotopic (exact) mass is 424 g/mol. The maximum Gasteiger partial charge on any atom is 0.297 e. The molecule has 138 valence electrons. The molecule has 2 aromatic rings. The zero-order chi connectivity index (χ0) is 18.1. The highest BCUT2D eigenvalue weighted by Gasteiger charge is 2.27. The van der Waals surface area contributed by atoms with Crippen LogP contribution in [-0.2, 0) is 7.05 Å². The number of ether oxygens (including phenoxy) is 2. The lowest BCUT2D eigenvalue weighted by Crippen LogP contribution is -2.21. The standard InChI is InChI=1S/C16H17BrF4N2O2/c1-23-14-12(21)15(24-7-9(18)19)10(17)11(20)13(14)22-16(23)25-8-5-3-2-4-6-8/h8-9H,2-7H2,1H3. The van der Waals surface area contributed by atoms with Crippen LogP contribution in [-0.4, -0.2) is 28.7 Å². The first-order valence-electron chi connectivity index (χ1n) is 8.00. The Morgan fingerprint density at radius 1 is 1.20 bits per heavy atom. The summed E-state index contributed by atoms with van der Waals surface area (Å²) in [5.74, 6) is -2.44. The minimum Gasteiger partial charge on any atom is -0.483 e. The van der Waals surface area contributed by atoms with Crippen LogP contribution in [0.1, 0.15) is 32.1 Å². The Bertz CT molecular complexity index is 776. The molecule has 1 fully saturated rings. The molecule has 25 heavy (non-hydrogen) atoms. The molecule has 1 aromatic carbocycles. The Morgan fingerprint density at radius 2 is 1.88 bits per heavy atom. The first kappa shape index (κ1) is 18.3. The zero-order valence-electron chi connectivity index (χ0n) is 13.5. The van der Waals surface area contributed by atoms with Crippen LogP contribution < -0.4 is 9.47 Å². The van der Waals surface area contributed by atoms with Gasteiger partial charge in [0.1, 0.15) is 28.2 Å². The van der Waals surface area contributed by atoms with Gasteiger partial charge in [-0.15, -0.1) is 0 Å². The molecule has 4 nitrogen and oxygen atoms in total. The second-order valence-corrected chi connectivity index (χ2v) is 6.79. The number of rotatable bonds is 5. The molecule has 1 aliphatic carbocycles. The highest BCUT2D eigenvalue weighted by Crippen LogP contribution is 2.39. The van der Waals surface area contributed by atoms with Gasteiger partial charge in [0.05, 0.1) is 0 Å². The van der Waals surface area contributed by atoms with Gasteiger partial charge in [-0.3, -0.25) is 4.57 Å². The van der Waals surface area contributed by atoms with Gasteiger partial charge in [0.2, 0.25) is 0 Å². The van der Waals surface area contributed by atoms with Crippen LogP contribution in [0.5, 0.6) is 11.8 Å². The smallest absolute Gasteiger partial charge is 0.297 e. The predicted molar refractivity (Wildman–Crippen MR) is 87.3 cm³/mol. The van der Waals surface area contributed by atoms with Crippen molar-refractivity contribution in [2.75, 3.05) is 6.61 Å². The largest absolute Gasteiger partial charge is 0.483 e. The first-order chi connectivity index (χ1) is 11.9. The molecule has 1 heterocycles. The summed E-state index contributed by atoms with van der Waals surface area (Å²) >= 11 is 2.86. The van der Waals surface area contributed by atoms with Crippen molar-refractivity contribution in [1.29, 1.82) is 0 Å². The highest BCUT2D eigenvalue weighted by atomic mass is 79.9. The van der Waals surface area contributed by atoms with Crippen LogP contribution in [0.4, 0.5) is 17.6 Å². The van der Waals surface area contributed by atoms with Gasteiger partial charge < -0.3 is 9.47 Å². The summed E-state index contributed by atoms with van der Waals surface area (Å²) in [6.07, 6.45) is 2.09. The number of nitrogens with zero attached hydrogens (tertiary/aromatic N) is 2. The molecule has 0 saturated heterocycles. The van der Waals surface area contributed by atoms with Crippen molar-refractivity contribution in [1.82, 2.24) is 9.55 Å². The minimum absolute atomic E-state index is 0.0478. The number of benzene rings is 1. The molecule has 0 aliphatic heterocycles. The van der Waals surface area contributed by atoms with Gasteiger partial charge in [0, 0.05) is 7.05 Å². The molecule has 0 N–H and O–H groups in total. The van der Waals surface area contributed by atoms with E-state index in [0.29, 0.717) is 0 Å². The number of imidazole rings is 1. The number of halogens is 5. The first-order valence-corrected chi connectivity index (χ1v) is 8.80. The molecule has 1 saturated carbocycles. The van der Waals surface area contributed by atoms with E-state index >= 15 is 0 Å². The molecular formula is C16H17BrF4N2O2. The fraction of sp³-hybridized carbons (Fsp3) is 0.562. The van der Waals surface area contributed by atoms with E-state index in [1.54, 1.807) is 0 Å². The van der Waals surface area contributed by atoms with Crippen molar-refractivity contribution in [2.24, 2.45) is 7.05 Å². The van der Waals surface area contributed by atoms with Crippen LogP contribution >= 0.6 is 15.9 Å². The summed E-state index contributed by atoms with van der Waals surface area (Å²) in [7, 11) is 1.49. The fourth-order valence-electron chi connectivity index (χ4n) is 3.00. The number of aromatic nitrogens is 2. The summed E-state index contributed by atoms with van der Waals surface area (Å²) in [6, 6.07) is 0.0950. The van der Waals surface area contributed by atoms with Crippen LogP contribution in [0.15, 0.2) is 4.47 Å². The quantitative estimate of drug-likeness (QED) is 0.502. The van der Waals surface area contributed by atoms with Crippen LogP contribution in [0.2, 0.25) is 0 Å². The molecule has 0 atom stereocenters. The molecule has 9 heteroatoms. The van der Waals surface area contributed by atoms with Crippen molar-refractivity contribution in [3.8, 4) is 11.8 Å². The van der Waals surface area contributed by atoms with Crippen molar-refractivity contribution in [2.45, 2.75) is 44.6 Å². The van der Waals surface area contributed by atoms with Gasteiger partial charge in [-0.25, -0.2) is 17.6 Å². The topological polar surface area (TPSA) is 36.3 Å². The molecule has 1 aromatic heterocycles. The van der Waals surface area contributed by atoms with E-state index in [9.17, 15) is 17.6 Å². The molecule has 0 amide bonds. The molecule has 0 bridgehead atoms. The molecule has 3 rings (SSSR count). The van der Waals surface area contributed by atoms with E-state index in [-0.39, 0.29) is 27.6 Å². The number of aryl methyl sites for hydroxylation is 1. The van der Waals surface area contributed by atoms with Gasteiger partial charge in [-0.05, 0) is 41.6 Å². The molecule has 0 spiro atoms. The van der Waals surface area contributed by atoms with Gasteiger partial charge in [-0.1, -0.05) is 6.42 Å². The number of hydrogen-bond acceptors (Lipinski definition) is 3. The highest BCUT2D eigenvalue weighted by molar-refractivity contribution is 9.10. The Morgan fingerprint density at radius 3 is 2.52 bits per heavy atom. The van der Waals surface area contributed by atoms with Gasteiger partial charge in [0.25, 0.3) is 12.4 Å². The lowest BCUT2D eigenvalue weighted by atomic mass is 9.98. The summed E-state index contributed by atoms with van der Waals surface area (Å²) < 4.78 is 65.4. The third-order valence-electron chi connectivity index (χ3n) is 4.24. The number of fused-ring (bicyclic) bond motifs is 1. The van der Waals surface area contributed by atoms with Crippen molar-refractivity contribution in [3.05, 3.63) is 16.1 Å². The van der Waals surface area contributed by atoms with E-state index in [4.69, 9.17) is 9.47 Å². The summed E-state index contributed by atoms with van der Waals surface area (Å²) in [6.45, 7) is -1.04. The molecule has 0 unspecified atom stereocenters. The van der Waals surface area contributed by atoms with Crippen molar-refractivity contribution < 1.29 is 27.0 Å². The third-order valence-corrected chi connectivity index (χ3v) is 4.95. The fourth-order valence-corrected chi connectivity index (χ4v) is 3.48. The lowest BCUT2D eigenvalue weighted by Gasteiger charge is -2.22. The maximum absolute atomic E-state index is 14.7. The minimum atomic E-state index is -2.80. The van der Waals surface area contributed by atoms with Crippen LogP contribution in [0.25, 0.3) is 11.0 Å². The SMILES string of the molecule is Cn1c(OC2CCCCC2)nc2c(F)c(Br)c(OCC(F)F)c(F)c21. The van der Waals surface area contributed by atoms with Gasteiger partial charge in [0.15, 0.2) is 17.4 Å². The predicted octanol–water partition coefficient (Wildman–Crippen LogP) is 4.97. The molecule has 1 aliphatic rings. The summed E-state index contributed by atoms with van der Waals surface area (Å²) in [4.78, 5) is 4.06. The maximum atomic E-state index is 14.7. The number of alkyl halides is 2. The van der Waals surface area contributed by atoms with Gasteiger partial charge >= 0.3 is 0 Å². The van der Waals surface area contributed by atoms with Gasteiger partial charge in [-0.2, -0.15) is 4.98 Å². The Labute approximate surface area is 150 Å². The Hall–Kier alpha value is -1.51. The van der Waals surface area contributed by atoms with Crippen molar-refractivity contribution in [3.63, 3.8) is 0 Å². The van der Waals surface area contributed by atoms with E-state index in [1.807, 2.05) is 0 Å². The van der Waals surface area contributed by atoms with E-state index < -0.39 is 30.4 Å². The molecule has 0 radical (unpaired) electrons. The van der Waals surface area contributed by atoms with Crippen LogP contribution in [0, 0.1) is 11.6 Å². The van der Waals surface area contributed by atoms with Crippen molar-refractivity contribution >= 4 is 27.0 Å². The Kier molecular flexibility index (Phi) is 5.41. The second kappa shape index (κ2) is 7.39. The van der Waals surface area contributed by atoms with E-state index in [0.717, 1.165) is 32.1 Å². The zero-order valence-corrected chi connectivity index (χ0v) is 15.1. The van der Waals surface area contributed by atoms with E-state index in [2.05, 4.69) is 20.9 Å². The third kappa shape index (κ3) is 3.56. The lowest BCUT2D eigenvalue weighted by molar-refractivity contribution is 0.0794. The Balaban J connectivity index is 2.01. The average molecular weight is 425 g/mol.